The molecule has 0 bridgehead atoms. The Balaban J connectivity index is 1.95. The lowest BCUT2D eigenvalue weighted by atomic mass is 10.1. The van der Waals surface area contributed by atoms with E-state index in [9.17, 15) is 9.59 Å². The number of nitrogens with one attached hydrogen (secondary N) is 1. The Morgan fingerprint density at radius 2 is 2.12 bits per heavy atom. The molecule has 0 spiro atoms. The second-order valence-electron chi connectivity index (χ2n) is 3.89. The van der Waals surface area contributed by atoms with Crippen LogP contribution in [0.25, 0.3) is 0 Å². The van der Waals surface area contributed by atoms with Gasteiger partial charge in [-0.05, 0) is 0 Å². The fourth-order valence-electron chi connectivity index (χ4n) is 2.00. The van der Waals surface area contributed by atoms with Crippen molar-refractivity contribution in [2.45, 2.75) is 24.5 Å². The standard InChI is InChI=1S/C9H10N2O6/c12-3-4-6-7(17-16-6)8(15-4)11-2-1-5(13)10-9(11)14/h1-2,4,6-8,12H,3H2,(H,10,13,14)/t4-,6+,7?,8-/m1/s1. The summed E-state index contributed by atoms with van der Waals surface area (Å²) in [6.45, 7) is -0.223. The van der Waals surface area contributed by atoms with Crippen LogP contribution in [0, 0.1) is 0 Å². The quantitative estimate of drug-likeness (QED) is 0.589. The second-order valence-corrected chi connectivity index (χ2v) is 3.89. The topological polar surface area (TPSA) is 103 Å². The van der Waals surface area contributed by atoms with Crippen molar-refractivity contribution in [3.05, 3.63) is 33.1 Å². The van der Waals surface area contributed by atoms with Crippen molar-refractivity contribution < 1.29 is 19.6 Å². The van der Waals surface area contributed by atoms with Crippen molar-refractivity contribution in [1.29, 1.82) is 0 Å². The van der Waals surface area contributed by atoms with Gasteiger partial charge in [0.05, 0.1) is 6.61 Å². The molecule has 0 radical (unpaired) electrons. The zero-order valence-electron chi connectivity index (χ0n) is 8.61. The molecule has 1 unspecified atom stereocenters. The van der Waals surface area contributed by atoms with E-state index in [1.807, 2.05) is 0 Å². The molecule has 8 nitrogen and oxygen atoms in total. The van der Waals surface area contributed by atoms with Crippen molar-refractivity contribution in [3.8, 4) is 0 Å². The molecule has 4 atom stereocenters. The Morgan fingerprint density at radius 3 is 2.65 bits per heavy atom. The Labute approximate surface area is 94.3 Å². The van der Waals surface area contributed by atoms with Gasteiger partial charge in [-0.3, -0.25) is 14.3 Å². The second kappa shape index (κ2) is 3.77. The van der Waals surface area contributed by atoms with Crippen molar-refractivity contribution in [2.75, 3.05) is 6.61 Å². The van der Waals surface area contributed by atoms with E-state index in [0.717, 1.165) is 0 Å². The fraction of sp³-hybridized carbons (Fsp3) is 0.556. The number of fused-ring (bicyclic) bond motifs is 1. The summed E-state index contributed by atoms with van der Waals surface area (Å²) in [5.41, 5.74) is -1.07. The highest BCUT2D eigenvalue weighted by Crippen LogP contribution is 2.39. The lowest BCUT2D eigenvalue weighted by molar-refractivity contribution is -0.463. The molecule has 8 heteroatoms. The van der Waals surface area contributed by atoms with Crippen molar-refractivity contribution >= 4 is 0 Å². The number of aromatic amines is 1. The summed E-state index contributed by atoms with van der Waals surface area (Å²) in [5, 5.41) is 9.06. The molecule has 1 aromatic rings. The van der Waals surface area contributed by atoms with Crippen LogP contribution >= 0.6 is 0 Å². The minimum absolute atomic E-state index is 0.223. The predicted octanol–water partition coefficient (Wildman–Crippen LogP) is -1.87. The van der Waals surface area contributed by atoms with E-state index in [4.69, 9.17) is 19.6 Å². The number of hydrogen-bond acceptors (Lipinski definition) is 6. The first-order valence-corrected chi connectivity index (χ1v) is 5.10. The molecule has 17 heavy (non-hydrogen) atoms. The lowest BCUT2D eigenvalue weighted by Crippen LogP contribution is -2.48. The van der Waals surface area contributed by atoms with Gasteiger partial charge < -0.3 is 9.84 Å². The van der Waals surface area contributed by atoms with Crippen molar-refractivity contribution in [1.82, 2.24) is 9.55 Å². The van der Waals surface area contributed by atoms with Crippen molar-refractivity contribution in [3.63, 3.8) is 0 Å². The van der Waals surface area contributed by atoms with Crippen molar-refractivity contribution in [2.24, 2.45) is 0 Å². The molecule has 0 aliphatic carbocycles. The molecule has 92 valence electrons. The Hall–Kier alpha value is -1.48. The van der Waals surface area contributed by atoms with Crippen LogP contribution in [0.3, 0.4) is 0 Å². The Kier molecular flexibility index (Phi) is 2.37. The number of aromatic nitrogens is 2. The third-order valence-corrected chi connectivity index (χ3v) is 2.87. The molecular formula is C9H10N2O6. The van der Waals surface area contributed by atoms with Gasteiger partial charge in [-0.1, -0.05) is 0 Å². The smallest absolute Gasteiger partial charge is 0.330 e. The highest BCUT2D eigenvalue weighted by atomic mass is 17.3. The summed E-state index contributed by atoms with van der Waals surface area (Å²) >= 11 is 0. The molecule has 0 amide bonds. The van der Waals surface area contributed by atoms with Gasteiger partial charge >= 0.3 is 5.69 Å². The van der Waals surface area contributed by atoms with Gasteiger partial charge in [0, 0.05) is 12.3 Å². The van der Waals surface area contributed by atoms with Crippen LogP contribution in [0.2, 0.25) is 0 Å². The first-order chi connectivity index (χ1) is 8.20. The van der Waals surface area contributed by atoms with Crippen LogP contribution < -0.4 is 11.2 Å². The normalized spacial score (nSPS) is 35.4. The highest BCUT2D eigenvalue weighted by molar-refractivity contribution is 4.96. The molecule has 2 N–H and O–H groups in total. The van der Waals surface area contributed by atoms with E-state index in [0.29, 0.717) is 0 Å². The predicted molar refractivity (Wildman–Crippen MR) is 52.1 cm³/mol. The van der Waals surface area contributed by atoms with Crippen LogP contribution in [0.5, 0.6) is 0 Å². The summed E-state index contributed by atoms with van der Waals surface area (Å²) in [5.74, 6) is 0. The number of aliphatic hydroxyl groups excluding tert-OH is 1. The summed E-state index contributed by atoms with van der Waals surface area (Å²) < 4.78 is 6.65. The molecule has 3 rings (SSSR count). The van der Waals surface area contributed by atoms with E-state index in [-0.39, 0.29) is 12.7 Å². The number of aliphatic hydroxyl groups is 1. The van der Waals surface area contributed by atoms with Gasteiger partial charge in [0.25, 0.3) is 5.56 Å². The van der Waals surface area contributed by atoms with E-state index in [1.54, 1.807) is 0 Å². The van der Waals surface area contributed by atoms with Gasteiger partial charge in [-0.2, -0.15) is 0 Å². The van der Waals surface area contributed by atoms with Gasteiger partial charge in [0.2, 0.25) is 0 Å². The van der Waals surface area contributed by atoms with Gasteiger partial charge in [0.15, 0.2) is 18.4 Å². The maximum absolute atomic E-state index is 11.6. The summed E-state index contributed by atoms with van der Waals surface area (Å²) in [4.78, 5) is 34.3. The molecule has 2 aliphatic heterocycles. The largest absolute Gasteiger partial charge is 0.394 e. The highest BCUT2D eigenvalue weighted by Gasteiger charge is 2.55. The Morgan fingerprint density at radius 1 is 1.35 bits per heavy atom. The first kappa shape index (κ1) is 10.7. The third kappa shape index (κ3) is 1.53. The van der Waals surface area contributed by atoms with Crippen LogP contribution in [0.15, 0.2) is 21.9 Å². The molecule has 2 fully saturated rings. The first-order valence-electron chi connectivity index (χ1n) is 5.10. The molecule has 2 saturated heterocycles. The number of ether oxygens (including phenoxy) is 1. The van der Waals surface area contributed by atoms with E-state index >= 15 is 0 Å². The van der Waals surface area contributed by atoms with Crippen LogP contribution in [-0.2, 0) is 14.5 Å². The van der Waals surface area contributed by atoms with Crippen LogP contribution in [0.4, 0.5) is 0 Å². The molecular weight excluding hydrogens is 232 g/mol. The van der Waals surface area contributed by atoms with E-state index < -0.39 is 29.7 Å². The molecule has 1 aromatic heterocycles. The third-order valence-electron chi connectivity index (χ3n) is 2.87. The lowest BCUT2D eigenvalue weighted by Gasteiger charge is -2.31. The number of rotatable bonds is 2. The zero-order valence-corrected chi connectivity index (χ0v) is 8.61. The maximum Gasteiger partial charge on any atom is 0.330 e. The minimum Gasteiger partial charge on any atom is -0.394 e. The monoisotopic (exact) mass is 242 g/mol. The van der Waals surface area contributed by atoms with Crippen LogP contribution in [0.1, 0.15) is 6.23 Å². The summed E-state index contributed by atoms with van der Waals surface area (Å²) in [7, 11) is 0. The number of hydrogen-bond donors (Lipinski definition) is 2. The zero-order chi connectivity index (χ0) is 12.0. The molecule has 0 saturated carbocycles. The van der Waals surface area contributed by atoms with Gasteiger partial charge in [-0.25, -0.2) is 14.6 Å². The van der Waals surface area contributed by atoms with Gasteiger partial charge in [-0.15, -0.1) is 0 Å². The minimum atomic E-state index is -0.699. The van der Waals surface area contributed by atoms with E-state index in [1.165, 1.54) is 16.8 Å². The number of H-pyrrole nitrogens is 1. The van der Waals surface area contributed by atoms with E-state index in [2.05, 4.69) is 4.98 Å². The average molecular weight is 242 g/mol. The maximum atomic E-state index is 11.6. The fourth-order valence-corrected chi connectivity index (χ4v) is 2.00. The number of nitrogens with zero attached hydrogens (tertiary/aromatic N) is 1. The average Bonchev–Trinajstić information content (AvgIpc) is 2.49. The summed E-state index contributed by atoms with van der Waals surface area (Å²) in [6, 6.07) is 1.21. The Bertz CT molecular complexity index is 535. The molecule has 3 heterocycles. The molecule has 2 aliphatic rings. The SMILES string of the molecule is O=c1ccn([C@@H]2O[C@H](CO)[C@@H]3OOC32)c(=O)[nH]1. The van der Waals surface area contributed by atoms with Gasteiger partial charge in [0.1, 0.15) is 6.10 Å². The summed E-state index contributed by atoms with van der Waals surface area (Å²) in [6.07, 6.45) is -0.739. The molecule has 0 aromatic carbocycles. The van der Waals surface area contributed by atoms with Crippen LogP contribution in [-0.4, -0.2) is 39.6 Å².